The zero-order valence-electron chi connectivity index (χ0n) is 11.0. The first kappa shape index (κ1) is 15.4. The monoisotopic (exact) mass is 281 g/mol. The zero-order valence-corrected chi connectivity index (χ0v) is 11.0. The van der Waals surface area contributed by atoms with Crippen molar-refractivity contribution in [1.29, 1.82) is 0 Å². The first-order chi connectivity index (χ1) is 9.43. The van der Waals surface area contributed by atoms with Crippen molar-refractivity contribution in [2.75, 3.05) is 6.54 Å². The van der Waals surface area contributed by atoms with Gasteiger partial charge in [0.25, 0.3) is 5.91 Å². The summed E-state index contributed by atoms with van der Waals surface area (Å²) in [6.07, 6.45) is 0.273. The van der Waals surface area contributed by atoms with Crippen LogP contribution in [0.3, 0.4) is 0 Å². The highest BCUT2D eigenvalue weighted by atomic mass is 16.5. The Bertz CT molecular complexity index is 500. The van der Waals surface area contributed by atoms with Crippen LogP contribution < -0.4 is 15.4 Å². The van der Waals surface area contributed by atoms with E-state index in [-0.39, 0.29) is 11.4 Å². The van der Waals surface area contributed by atoms with Crippen LogP contribution in [-0.4, -0.2) is 40.6 Å². The molecule has 1 rings (SSSR count). The number of pyridine rings is 1. The Hall–Kier alpha value is -2.64. The summed E-state index contributed by atoms with van der Waals surface area (Å²) in [6.45, 7) is 3.58. The number of carbonyl (C=O) groups excluding carboxylic acids is 2. The fourth-order valence-corrected chi connectivity index (χ4v) is 1.25. The maximum absolute atomic E-state index is 11.6. The summed E-state index contributed by atoms with van der Waals surface area (Å²) in [5.41, 5.74) is -0.128. The van der Waals surface area contributed by atoms with E-state index in [4.69, 9.17) is 9.84 Å². The van der Waals surface area contributed by atoms with E-state index < -0.39 is 24.0 Å². The molecule has 1 aromatic heterocycles. The van der Waals surface area contributed by atoms with Crippen molar-refractivity contribution in [1.82, 2.24) is 15.6 Å². The lowest BCUT2D eigenvalue weighted by Crippen LogP contribution is -2.45. The van der Waals surface area contributed by atoms with Crippen LogP contribution in [0.25, 0.3) is 0 Å². The Morgan fingerprint density at radius 1 is 1.40 bits per heavy atom. The maximum Gasteiger partial charge on any atom is 0.354 e. The molecular weight excluding hydrogens is 266 g/mol. The lowest BCUT2D eigenvalue weighted by atomic mass is 10.3. The summed E-state index contributed by atoms with van der Waals surface area (Å²) >= 11 is 0. The molecule has 1 atom stereocenters. The minimum Gasteiger partial charge on any atom is -0.479 e. The van der Waals surface area contributed by atoms with Crippen LogP contribution in [0.2, 0.25) is 0 Å². The second kappa shape index (κ2) is 7.07. The highest BCUT2D eigenvalue weighted by Crippen LogP contribution is 2.11. The van der Waals surface area contributed by atoms with Crippen molar-refractivity contribution in [3.8, 4) is 5.75 Å². The molecule has 1 heterocycles. The summed E-state index contributed by atoms with van der Waals surface area (Å²) in [5, 5.41) is 13.2. The van der Waals surface area contributed by atoms with Crippen LogP contribution in [0.5, 0.6) is 5.75 Å². The Labute approximate surface area is 115 Å². The molecule has 0 aromatic carbocycles. The van der Waals surface area contributed by atoms with Gasteiger partial charge in [-0.05, 0) is 26.0 Å². The summed E-state index contributed by atoms with van der Waals surface area (Å²) in [4.78, 5) is 37.0. The number of aromatic nitrogens is 1. The van der Waals surface area contributed by atoms with Crippen molar-refractivity contribution in [3.05, 3.63) is 24.0 Å². The van der Waals surface area contributed by atoms with Crippen molar-refractivity contribution >= 4 is 17.9 Å². The molecule has 1 aromatic rings. The Morgan fingerprint density at radius 2 is 2.10 bits per heavy atom. The molecular formula is C12H15N3O5. The second-order valence-electron chi connectivity index (χ2n) is 3.79. The zero-order chi connectivity index (χ0) is 15.1. The molecule has 0 aliphatic carbocycles. The highest BCUT2D eigenvalue weighted by Gasteiger charge is 2.17. The van der Waals surface area contributed by atoms with E-state index in [1.165, 1.54) is 25.3 Å². The van der Waals surface area contributed by atoms with E-state index in [1.807, 2.05) is 0 Å². The number of aromatic carboxylic acids is 1. The van der Waals surface area contributed by atoms with Gasteiger partial charge in [-0.2, -0.15) is 0 Å². The van der Waals surface area contributed by atoms with Crippen LogP contribution in [0.15, 0.2) is 18.3 Å². The molecule has 1 unspecified atom stereocenters. The number of ether oxygens (including phenoxy) is 1. The van der Waals surface area contributed by atoms with Gasteiger partial charge in [-0.3, -0.25) is 10.1 Å². The number of hydrogen-bond acceptors (Lipinski definition) is 5. The third-order valence-electron chi connectivity index (χ3n) is 2.21. The van der Waals surface area contributed by atoms with Gasteiger partial charge in [0.2, 0.25) is 0 Å². The number of nitrogens with zero attached hydrogens (tertiary/aromatic N) is 1. The number of carboxylic acid groups (broad SMARTS) is 1. The molecule has 108 valence electrons. The average molecular weight is 281 g/mol. The normalized spacial score (nSPS) is 11.3. The number of urea groups is 1. The molecule has 20 heavy (non-hydrogen) atoms. The number of carbonyl (C=O) groups is 3. The molecule has 0 aliphatic rings. The van der Waals surface area contributed by atoms with E-state index in [0.717, 1.165) is 0 Å². The lowest BCUT2D eigenvalue weighted by molar-refractivity contribution is -0.126. The number of amides is 3. The van der Waals surface area contributed by atoms with Crippen molar-refractivity contribution in [3.63, 3.8) is 0 Å². The minimum atomic E-state index is -1.15. The number of rotatable bonds is 5. The van der Waals surface area contributed by atoms with Crippen LogP contribution in [-0.2, 0) is 4.79 Å². The lowest BCUT2D eigenvalue weighted by Gasteiger charge is -2.13. The molecule has 0 saturated heterocycles. The van der Waals surface area contributed by atoms with E-state index >= 15 is 0 Å². The number of imide groups is 1. The summed E-state index contributed by atoms with van der Waals surface area (Å²) < 4.78 is 5.24. The smallest absolute Gasteiger partial charge is 0.354 e. The van der Waals surface area contributed by atoms with Gasteiger partial charge in [-0.1, -0.05) is 0 Å². The fourth-order valence-electron chi connectivity index (χ4n) is 1.25. The molecule has 0 bridgehead atoms. The quantitative estimate of drug-likeness (QED) is 0.718. The topological polar surface area (TPSA) is 118 Å². The fraction of sp³-hybridized carbons (Fsp3) is 0.333. The first-order valence-electron chi connectivity index (χ1n) is 5.88. The number of carboxylic acids is 1. The molecule has 0 radical (unpaired) electrons. The maximum atomic E-state index is 11.6. The van der Waals surface area contributed by atoms with Crippen LogP contribution in [0.4, 0.5) is 4.79 Å². The molecule has 0 fully saturated rings. The molecule has 0 spiro atoms. The van der Waals surface area contributed by atoms with E-state index in [9.17, 15) is 14.4 Å². The Balaban J connectivity index is 2.56. The predicted octanol–water partition coefficient (Wildman–Crippen LogP) is 0.393. The van der Waals surface area contributed by atoms with Gasteiger partial charge < -0.3 is 15.2 Å². The molecule has 8 heteroatoms. The summed E-state index contributed by atoms with van der Waals surface area (Å²) in [5.74, 6) is -1.54. The molecule has 3 N–H and O–H groups in total. The van der Waals surface area contributed by atoms with Gasteiger partial charge >= 0.3 is 12.0 Å². The van der Waals surface area contributed by atoms with Crippen LogP contribution >= 0.6 is 0 Å². The largest absolute Gasteiger partial charge is 0.479 e. The summed E-state index contributed by atoms with van der Waals surface area (Å²) in [7, 11) is 0. The second-order valence-corrected chi connectivity index (χ2v) is 3.79. The van der Waals surface area contributed by atoms with E-state index in [1.54, 1.807) is 6.92 Å². The SMILES string of the molecule is CCNC(=O)NC(=O)C(C)Oc1ccc(C(=O)O)nc1. The van der Waals surface area contributed by atoms with Gasteiger partial charge in [0, 0.05) is 6.54 Å². The van der Waals surface area contributed by atoms with Gasteiger partial charge in [-0.15, -0.1) is 0 Å². The van der Waals surface area contributed by atoms with E-state index in [0.29, 0.717) is 6.54 Å². The van der Waals surface area contributed by atoms with Gasteiger partial charge in [0.05, 0.1) is 6.20 Å². The summed E-state index contributed by atoms with van der Waals surface area (Å²) in [6, 6.07) is 2.03. The third kappa shape index (κ3) is 4.56. The molecule has 3 amide bonds. The molecule has 0 saturated carbocycles. The third-order valence-corrected chi connectivity index (χ3v) is 2.21. The van der Waals surface area contributed by atoms with Crippen molar-refractivity contribution < 1.29 is 24.2 Å². The Morgan fingerprint density at radius 3 is 2.60 bits per heavy atom. The van der Waals surface area contributed by atoms with Crippen molar-refractivity contribution in [2.45, 2.75) is 20.0 Å². The molecule has 0 aliphatic heterocycles. The number of hydrogen-bond donors (Lipinski definition) is 3. The first-order valence-corrected chi connectivity index (χ1v) is 5.88. The van der Waals surface area contributed by atoms with Gasteiger partial charge in [-0.25, -0.2) is 14.6 Å². The Kier molecular flexibility index (Phi) is 5.45. The van der Waals surface area contributed by atoms with Gasteiger partial charge in [0.15, 0.2) is 6.10 Å². The van der Waals surface area contributed by atoms with Gasteiger partial charge in [0.1, 0.15) is 11.4 Å². The average Bonchev–Trinajstić information content (AvgIpc) is 2.39. The number of nitrogens with one attached hydrogen (secondary N) is 2. The van der Waals surface area contributed by atoms with Crippen LogP contribution in [0.1, 0.15) is 24.3 Å². The van der Waals surface area contributed by atoms with Crippen LogP contribution in [0, 0.1) is 0 Å². The highest BCUT2D eigenvalue weighted by molar-refractivity contribution is 5.96. The minimum absolute atomic E-state index is 0.128. The predicted molar refractivity (Wildman–Crippen MR) is 68.5 cm³/mol. The standard InChI is InChI=1S/C12H15N3O5/c1-3-13-12(19)15-10(16)7(2)20-8-4-5-9(11(17)18)14-6-8/h4-7H,3H2,1-2H3,(H,17,18)(H2,13,15,16,19). The molecule has 8 nitrogen and oxygen atoms in total. The van der Waals surface area contributed by atoms with Crippen molar-refractivity contribution in [2.24, 2.45) is 0 Å². The van der Waals surface area contributed by atoms with E-state index in [2.05, 4.69) is 15.6 Å².